The first kappa shape index (κ1) is 13.4. The smallest absolute Gasteiger partial charge is 0.265 e. The number of pyridine rings is 1. The maximum Gasteiger partial charge on any atom is 0.265 e. The standard InChI is InChI=1S/C13H14N4OS/c14-11-7-16-5-4-12(11)19-8-9-2-1-3-10(6-9)13(18)17-15/h1-7H,8,14-15H2,(H,17,18). The second-order valence-electron chi connectivity index (χ2n) is 3.88. The van der Waals surface area contributed by atoms with E-state index in [4.69, 9.17) is 11.6 Å². The molecule has 0 spiro atoms. The number of thioether (sulfide) groups is 1. The first-order valence-corrected chi connectivity index (χ1v) is 6.61. The minimum atomic E-state index is -0.296. The van der Waals surface area contributed by atoms with Crippen molar-refractivity contribution in [3.8, 4) is 0 Å². The lowest BCUT2D eigenvalue weighted by Crippen LogP contribution is -2.29. The third-order valence-corrected chi connectivity index (χ3v) is 3.69. The van der Waals surface area contributed by atoms with Crippen LogP contribution in [0.2, 0.25) is 0 Å². The van der Waals surface area contributed by atoms with Gasteiger partial charge >= 0.3 is 0 Å². The van der Waals surface area contributed by atoms with Crippen LogP contribution >= 0.6 is 11.8 Å². The molecule has 0 radical (unpaired) electrons. The molecule has 0 aliphatic heterocycles. The zero-order chi connectivity index (χ0) is 13.7. The Labute approximate surface area is 115 Å². The highest BCUT2D eigenvalue weighted by atomic mass is 32.2. The highest BCUT2D eigenvalue weighted by Crippen LogP contribution is 2.27. The van der Waals surface area contributed by atoms with Gasteiger partial charge in [-0.1, -0.05) is 12.1 Å². The number of nitrogens with two attached hydrogens (primary N) is 2. The number of aromatic nitrogens is 1. The third-order valence-electron chi connectivity index (χ3n) is 2.52. The summed E-state index contributed by atoms with van der Waals surface area (Å²) in [6.45, 7) is 0. The first-order chi connectivity index (χ1) is 9.20. The number of nitrogens with one attached hydrogen (secondary N) is 1. The Morgan fingerprint density at radius 2 is 2.21 bits per heavy atom. The summed E-state index contributed by atoms with van der Waals surface area (Å²) in [4.78, 5) is 16.3. The second-order valence-corrected chi connectivity index (χ2v) is 4.89. The molecule has 0 saturated carbocycles. The maximum absolute atomic E-state index is 11.4. The van der Waals surface area contributed by atoms with Gasteiger partial charge in [0.15, 0.2) is 0 Å². The summed E-state index contributed by atoms with van der Waals surface area (Å²) in [5.74, 6) is 5.54. The van der Waals surface area contributed by atoms with Crippen LogP contribution in [0.4, 0.5) is 5.69 Å². The summed E-state index contributed by atoms with van der Waals surface area (Å²) in [7, 11) is 0. The van der Waals surface area contributed by atoms with Crippen LogP contribution in [0, 0.1) is 0 Å². The SMILES string of the molecule is NNC(=O)c1cccc(CSc2ccncc2N)c1. The molecule has 0 unspecified atom stereocenters. The van der Waals surface area contributed by atoms with Gasteiger partial charge in [0.05, 0.1) is 11.9 Å². The topological polar surface area (TPSA) is 94.0 Å². The van der Waals surface area contributed by atoms with E-state index in [0.29, 0.717) is 11.3 Å². The normalized spacial score (nSPS) is 10.2. The fraction of sp³-hybridized carbons (Fsp3) is 0.0769. The molecule has 5 nitrogen and oxygen atoms in total. The first-order valence-electron chi connectivity index (χ1n) is 5.63. The summed E-state index contributed by atoms with van der Waals surface area (Å²) in [5.41, 5.74) is 10.2. The van der Waals surface area contributed by atoms with Crippen LogP contribution in [0.25, 0.3) is 0 Å². The molecule has 0 bridgehead atoms. The lowest BCUT2D eigenvalue weighted by atomic mass is 10.1. The molecule has 0 fully saturated rings. The van der Waals surface area contributed by atoms with Gasteiger partial charge in [-0.15, -0.1) is 11.8 Å². The fourth-order valence-electron chi connectivity index (χ4n) is 1.57. The van der Waals surface area contributed by atoms with E-state index in [-0.39, 0.29) is 5.91 Å². The molecule has 19 heavy (non-hydrogen) atoms. The number of carbonyl (C=O) groups excluding carboxylic acids is 1. The van der Waals surface area contributed by atoms with Gasteiger partial charge in [0.25, 0.3) is 5.91 Å². The van der Waals surface area contributed by atoms with Gasteiger partial charge in [0.1, 0.15) is 0 Å². The van der Waals surface area contributed by atoms with E-state index < -0.39 is 0 Å². The maximum atomic E-state index is 11.4. The van der Waals surface area contributed by atoms with Crippen molar-refractivity contribution in [1.82, 2.24) is 10.4 Å². The molecular formula is C13H14N4OS. The van der Waals surface area contributed by atoms with Crippen molar-refractivity contribution >= 4 is 23.4 Å². The number of hydrazine groups is 1. The number of hydrogen-bond acceptors (Lipinski definition) is 5. The zero-order valence-electron chi connectivity index (χ0n) is 10.2. The number of nitrogen functional groups attached to an aromatic ring is 2. The number of nitrogens with zero attached hydrogens (tertiary/aromatic N) is 1. The molecule has 6 heteroatoms. The van der Waals surface area contributed by atoms with E-state index in [1.165, 1.54) is 0 Å². The van der Waals surface area contributed by atoms with E-state index in [1.54, 1.807) is 30.2 Å². The van der Waals surface area contributed by atoms with Gasteiger partial charge in [0.2, 0.25) is 0 Å². The predicted molar refractivity (Wildman–Crippen MR) is 76.3 cm³/mol. The van der Waals surface area contributed by atoms with Gasteiger partial charge in [-0.3, -0.25) is 15.2 Å². The molecule has 2 aromatic rings. The average molecular weight is 274 g/mol. The molecule has 0 aliphatic carbocycles. The Balaban J connectivity index is 2.08. The quantitative estimate of drug-likeness (QED) is 0.340. The lowest BCUT2D eigenvalue weighted by molar-refractivity contribution is 0.0953. The molecule has 0 aliphatic rings. The van der Waals surface area contributed by atoms with E-state index >= 15 is 0 Å². The summed E-state index contributed by atoms with van der Waals surface area (Å²) in [5, 5.41) is 0. The third kappa shape index (κ3) is 3.46. The van der Waals surface area contributed by atoms with Gasteiger partial charge in [0, 0.05) is 22.4 Å². The molecule has 0 atom stereocenters. The van der Waals surface area contributed by atoms with Crippen LogP contribution < -0.4 is 17.0 Å². The number of hydrogen-bond donors (Lipinski definition) is 3. The van der Waals surface area contributed by atoms with E-state index in [9.17, 15) is 4.79 Å². The Hall–Kier alpha value is -2.05. The number of benzene rings is 1. The van der Waals surface area contributed by atoms with Crippen molar-refractivity contribution in [2.45, 2.75) is 10.6 Å². The molecule has 0 saturated heterocycles. The van der Waals surface area contributed by atoms with Crippen LogP contribution in [0.5, 0.6) is 0 Å². The van der Waals surface area contributed by atoms with E-state index in [1.807, 2.05) is 24.3 Å². The van der Waals surface area contributed by atoms with Gasteiger partial charge in [-0.25, -0.2) is 5.84 Å². The van der Waals surface area contributed by atoms with Crippen LogP contribution in [0.15, 0.2) is 47.6 Å². The molecule has 2 rings (SSSR count). The Bertz CT molecular complexity index is 588. The zero-order valence-corrected chi connectivity index (χ0v) is 11.0. The number of carbonyl (C=O) groups is 1. The van der Waals surface area contributed by atoms with Crippen molar-refractivity contribution in [3.63, 3.8) is 0 Å². The molecule has 1 aromatic heterocycles. The van der Waals surface area contributed by atoms with Crippen molar-refractivity contribution < 1.29 is 4.79 Å². The average Bonchev–Trinajstić information content (AvgIpc) is 2.46. The van der Waals surface area contributed by atoms with Crippen molar-refractivity contribution in [2.75, 3.05) is 5.73 Å². The van der Waals surface area contributed by atoms with Gasteiger partial charge in [-0.2, -0.15) is 0 Å². The highest BCUT2D eigenvalue weighted by Gasteiger charge is 2.05. The van der Waals surface area contributed by atoms with Crippen molar-refractivity contribution in [2.24, 2.45) is 5.84 Å². The molecule has 1 aromatic carbocycles. The molecular weight excluding hydrogens is 260 g/mol. The monoisotopic (exact) mass is 274 g/mol. The van der Waals surface area contributed by atoms with E-state index in [0.717, 1.165) is 16.2 Å². The minimum Gasteiger partial charge on any atom is -0.397 e. The van der Waals surface area contributed by atoms with Crippen LogP contribution in [0.3, 0.4) is 0 Å². The van der Waals surface area contributed by atoms with Crippen LogP contribution in [-0.4, -0.2) is 10.9 Å². The molecule has 1 heterocycles. The van der Waals surface area contributed by atoms with Crippen molar-refractivity contribution in [3.05, 3.63) is 53.9 Å². The lowest BCUT2D eigenvalue weighted by Gasteiger charge is -2.06. The molecule has 98 valence electrons. The number of amides is 1. The molecule has 5 N–H and O–H groups in total. The largest absolute Gasteiger partial charge is 0.397 e. The molecule has 1 amide bonds. The summed E-state index contributed by atoms with van der Waals surface area (Å²) in [6.07, 6.45) is 3.33. The van der Waals surface area contributed by atoms with E-state index in [2.05, 4.69) is 10.4 Å². The number of rotatable bonds is 4. The van der Waals surface area contributed by atoms with Gasteiger partial charge in [-0.05, 0) is 23.8 Å². The van der Waals surface area contributed by atoms with Gasteiger partial charge < -0.3 is 5.73 Å². The second kappa shape index (κ2) is 6.21. The Morgan fingerprint density at radius 3 is 2.95 bits per heavy atom. The Kier molecular flexibility index (Phi) is 4.38. The van der Waals surface area contributed by atoms with Crippen molar-refractivity contribution in [1.29, 1.82) is 0 Å². The summed E-state index contributed by atoms with van der Waals surface area (Å²) < 4.78 is 0. The fourth-order valence-corrected chi connectivity index (χ4v) is 2.45. The summed E-state index contributed by atoms with van der Waals surface area (Å²) >= 11 is 1.60. The summed E-state index contributed by atoms with van der Waals surface area (Å²) in [6, 6.07) is 9.19. The highest BCUT2D eigenvalue weighted by molar-refractivity contribution is 7.98. The van der Waals surface area contributed by atoms with Crippen LogP contribution in [0.1, 0.15) is 15.9 Å². The number of anilines is 1. The minimum absolute atomic E-state index is 0.296. The Morgan fingerprint density at radius 1 is 1.37 bits per heavy atom. The predicted octanol–water partition coefficient (Wildman–Crippen LogP) is 1.56. The van der Waals surface area contributed by atoms with Crippen LogP contribution in [-0.2, 0) is 5.75 Å².